The predicted octanol–water partition coefficient (Wildman–Crippen LogP) is 0.229. The number of nitrogens with zero attached hydrogens (tertiary/aromatic N) is 3. The normalized spacial score (nSPS) is 25.6. The lowest BCUT2D eigenvalue weighted by Gasteiger charge is -2.35. The number of carboxylic acids is 1. The summed E-state index contributed by atoms with van der Waals surface area (Å²) >= 11 is 0. The Hall–Kier alpha value is -2.58. The van der Waals surface area contributed by atoms with Gasteiger partial charge in [-0.3, -0.25) is 14.4 Å². The molecule has 2 amide bonds. The molecule has 2 heterocycles. The molecule has 1 aliphatic carbocycles. The van der Waals surface area contributed by atoms with E-state index in [9.17, 15) is 19.5 Å². The van der Waals surface area contributed by atoms with Crippen molar-refractivity contribution in [1.29, 1.82) is 0 Å². The molecule has 1 atom stereocenters. The highest BCUT2D eigenvalue weighted by Crippen LogP contribution is 2.64. The number of amides is 2. The second kappa shape index (κ2) is 5.47. The van der Waals surface area contributed by atoms with Gasteiger partial charge >= 0.3 is 5.97 Å². The summed E-state index contributed by atoms with van der Waals surface area (Å²) in [6.45, 7) is 4.50. The molecule has 0 radical (unpaired) electrons. The fourth-order valence-electron chi connectivity index (χ4n) is 3.91. The Morgan fingerprint density at radius 1 is 1.28 bits per heavy atom. The molecular formula is C16H23N5O4. The minimum atomic E-state index is -1.30. The van der Waals surface area contributed by atoms with Gasteiger partial charge in [-0.15, -0.1) is 0 Å². The molecule has 9 nitrogen and oxygen atoms in total. The molecule has 1 aromatic heterocycles. The number of aromatic nitrogens is 2. The number of nitrogen functional groups attached to an aromatic ring is 1. The fraction of sp³-hybridized carbons (Fsp3) is 0.625. The summed E-state index contributed by atoms with van der Waals surface area (Å²) in [5, 5.41) is 9.54. The Labute approximate surface area is 145 Å². The Bertz CT molecular complexity index is 748. The highest BCUT2D eigenvalue weighted by Gasteiger charge is 2.72. The maximum atomic E-state index is 12.8. The maximum absolute atomic E-state index is 12.8. The van der Waals surface area contributed by atoms with E-state index >= 15 is 0 Å². The van der Waals surface area contributed by atoms with Crippen LogP contribution in [0.2, 0.25) is 0 Å². The lowest BCUT2D eigenvalue weighted by atomic mass is 9.93. The molecule has 5 N–H and O–H groups in total. The van der Waals surface area contributed by atoms with Crippen LogP contribution in [0.4, 0.5) is 5.82 Å². The standard InChI is InChI=1S/C16H23N5O4/c1-15(2)7-16(15,14(24)25)13(23)20-5-3-9(4-6-20)21-8-19-10(11(21)17)12(18)22/h8-9H,3-7,17H2,1-2H3,(H2,18,22)(H,24,25). The van der Waals surface area contributed by atoms with Gasteiger partial charge in [-0.1, -0.05) is 13.8 Å². The average Bonchev–Trinajstić information content (AvgIpc) is 2.94. The molecule has 0 bridgehead atoms. The van der Waals surface area contributed by atoms with Gasteiger partial charge in [0.2, 0.25) is 5.91 Å². The molecule has 1 unspecified atom stereocenters. The first-order chi connectivity index (χ1) is 11.6. The van der Waals surface area contributed by atoms with E-state index in [4.69, 9.17) is 11.5 Å². The van der Waals surface area contributed by atoms with Crippen LogP contribution in [0.3, 0.4) is 0 Å². The first-order valence-corrected chi connectivity index (χ1v) is 8.26. The molecule has 1 saturated heterocycles. The number of hydrogen-bond donors (Lipinski definition) is 3. The summed E-state index contributed by atoms with van der Waals surface area (Å²) in [6.07, 6.45) is 3.08. The van der Waals surface area contributed by atoms with Crippen LogP contribution in [0.25, 0.3) is 0 Å². The van der Waals surface area contributed by atoms with Crippen LogP contribution >= 0.6 is 0 Å². The number of rotatable bonds is 4. The molecule has 9 heteroatoms. The quantitative estimate of drug-likeness (QED) is 0.664. The number of piperidine rings is 1. The van der Waals surface area contributed by atoms with Gasteiger partial charge in [-0.05, 0) is 24.7 Å². The number of nitrogens with two attached hydrogens (primary N) is 2. The largest absolute Gasteiger partial charge is 0.480 e. The molecule has 136 valence electrons. The van der Waals surface area contributed by atoms with E-state index in [0.717, 1.165) is 0 Å². The zero-order valence-corrected chi connectivity index (χ0v) is 14.4. The van der Waals surface area contributed by atoms with Crippen LogP contribution in [-0.4, -0.2) is 50.4 Å². The van der Waals surface area contributed by atoms with Crippen LogP contribution in [-0.2, 0) is 9.59 Å². The Morgan fingerprint density at radius 2 is 1.84 bits per heavy atom. The van der Waals surface area contributed by atoms with Gasteiger partial charge < -0.3 is 26.0 Å². The van der Waals surface area contributed by atoms with Gasteiger partial charge in [-0.2, -0.15) is 0 Å². The van der Waals surface area contributed by atoms with Crippen molar-refractivity contribution in [1.82, 2.24) is 14.5 Å². The van der Waals surface area contributed by atoms with Gasteiger partial charge in [0.25, 0.3) is 5.91 Å². The van der Waals surface area contributed by atoms with Crippen molar-refractivity contribution < 1.29 is 19.5 Å². The molecule has 25 heavy (non-hydrogen) atoms. The van der Waals surface area contributed by atoms with E-state index in [2.05, 4.69) is 4.98 Å². The zero-order chi connectivity index (χ0) is 18.6. The molecule has 2 fully saturated rings. The van der Waals surface area contributed by atoms with Crippen LogP contribution < -0.4 is 11.5 Å². The molecule has 1 saturated carbocycles. The minimum absolute atomic E-state index is 0.00218. The third-order valence-corrected chi connectivity index (χ3v) is 5.68. The Kier molecular flexibility index (Phi) is 3.77. The summed E-state index contributed by atoms with van der Waals surface area (Å²) in [7, 11) is 0. The highest BCUT2D eigenvalue weighted by molar-refractivity contribution is 6.06. The number of carbonyl (C=O) groups excluding carboxylic acids is 2. The first kappa shape index (κ1) is 17.2. The van der Waals surface area contributed by atoms with Crippen molar-refractivity contribution in [3.8, 4) is 0 Å². The number of likely N-dealkylation sites (tertiary alicyclic amines) is 1. The predicted molar refractivity (Wildman–Crippen MR) is 88.5 cm³/mol. The van der Waals surface area contributed by atoms with Crippen LogP contribution in [0.1, 0.15) is 49.6 Å². The summed E-state index contributed by atoms with van der Waals surface area (Å²) < 4.78 is 1.70. The van der Waals surface area contributed by atoms with E-state index in [1.54, 1.807) is 9.47 Å². The number of anilines is 1. The molecule has 0 aromatic carbocycles. The number of imidazole rings is 1. The third-order valence-electron chi connectivity index (χ3n) is 5.68. The number of primary amides is 1. The van der Waals surface area contributed by atoms with E-state index in [1.165, 1.54) is 6.33 Å². The zero-order valence-electron chi connectivity index (χ0n) is 14.4. The van der Waals surface area contributed by atoms with Crippen molar-refractivity contribution in [3.63, 3.8) is 0 Å². The molecule has 1 aromatic rings. The van der Waals surface area contributed by atoms with Crippen LogP contribution in [0.5, 0.6) is 0 Å². The van der Waals surface area contributed by atoms with Gasteiger partial charge in [0.15, 0.2) is 11.1 Å². The number of carboxylic acid groups (broad SMARTS) is 1. The average molecular weight is 349 g/mol. The first-order valence-electron chi connectivity index (χ1n) is 8.26. The van der Waals surface area contributed by atoms with Crippen LogP contribution in [0, 0.1) is 10.8 Å². The second-order valence-electron chi connectivity index (χ2n) is 7.54. The van der Waals surface area contributed by atoms with Crippen molar-refractivity contribution >= 4 is 23.6 Å². The second-order valence-corrected chi connectivity index (χ2v) is 7.54. The smallest absolute Gasteiger partial charge is 0.319 e. The monoisotopic (exact) mass is 349 g/mol. The van der Waals surface area contributed by atoms with E-state index in [0.29, 0.717) is 32.4 Å². The summed E-state index contributed by atoms with van der Waals surface area (Å²) in [6, 6.07) is -0.00218. The maximum Gasteiger partial charge on any atom is 0.319 e. The summed E-state index contributed by atoms with van der Waals surface area (Å²) in [5.74, 6) is -1.81. The van der Waals surface area contributed by atoms with E-state index in [1.807, 2.05) is 13.8 Å². The number of aliphatic carboxylic acids is 1. The van der Waals surface area contributed by atoms with Crippen molar-refractivity contribution in [3.05, 3.63) is 12.0 Å². The van der Waals surface area contributed by atoms with Gasteiger partial charge in [0.1, 0.15) is 5.82 Å². The summed E-state index contributed by atoms with van der Waals surface area (Å²) in [4.78, 5) is 41.3. The minimum Gasteiger partial charge on any atom is -0.480 e. The number of carbonyl (C=O) groups is 3. The van der Waals surface area contributed by atoms with Crippen molar-refractivity contribution in [2.24, 2.45) is 16.6 Å². The lowest BCUT2D eigenvalue weighted by Crippen LogP contribution is -2.46. The highest BCUT2D eigenvalue weighted by atomic mass is 16.4. The third kappa shape index (κ3) is 2.45. The Morgan fingerprint density at radius 3 is 2.24 bits per heavy atom. The van der Waals surface area contributed by atoms with E-state index < -0.39 is 22.7 Å². The van der Waals surface area contributed by atoms with Gasteiger partial charge in [-0.25, -0.2) is 4.98 Å². The van der Waals surface area contributed by atoms with Crippen molar-refractivity contribution in [2.75, 3.05) is 18.8 Å². The molecule has 0 spiro atoms. The molecular weight excluding hydrogens is 326 g/mol. The van der Waals surface area contributed by atoms with Gasteiger partial charge in [0, 0.05) is 19.1 Å². The van der Waals surface area contributed by atoms with Crippen LogP contribution in [0.15, 0.2) is 6.33 Å². The number of hydrogen-bond acceptors (Lipinski definition) is 5. The molecule has 3 rings (SSSR count). The van der Waals surface area contributed by atoms with E-state index in [-0.39, 0.29) is 23.5 Å². The lowest BCUT2D eigenvalue weighted by molar-refractivity contribution is -0.156. The van der Waals surface area contributed by atoms with Crippen molar-refractivity contribution in [2.45, 2.75) is 39.2 Å². The SMILES string of the molecule is CC1(C)CC1(C(=O)O)C(=O)N1CCC(n2cnc(C(N)=O)c2N)CC1. The Balaban J connectivity index is 1.70. The van der Waals surface area contributed by atoms with Gasteiger partial charge in [0.05, 0.1) is 6.33 Å². The summed E-state index contributed by atoms with van der Waals surface area (Å²) in [5.41, 5.74) is 9.38. The molecule has 2 aliphatic rings. The molecule has 1 aliphatic heterocycles. The fourth-order valence-corrected chi connectivity index (χ4v) is 3.91. The topological polar surface area (TPSA) is 145 Å².